The lowest BCUT2D eigenvalue weighted by molar-refractivity contribution is -0.114. The summed E-state index contributed by atoms with van der Waals surface area (Å²) in [4.78, 5) is 27.5. The first-order chi connectivity index (χ1) is 11.4. The minimum Gasteiger partial charge on any atom is -0.495 e. The van der Waals surface area contributed by atoms with Gasteiger partial charge in [0.05, 0.1) is 18.8 Å². The van der Waals surface area contributed by atoms with E-state index in [4.69, 9.17) is 4.74 Å². The second-order valence-corrected chi connectivity index (χ2v) is 5.20. The molecule has 0 bridgehead atoms. The van der Waals surface area contributed by atoms with E-state index in [0.29, 0.717) is 28.8 Å². The van der Waals surface area contributed by atoms with Crippen LogP contribution in [0, 0.1) is 6.92 Å². The third-order valence-corrected chi connectivity index (χ3v) is 3.12. The first-order valence-electron chi connectivity index (χ1n) is 7.31. The van der Waals surface area contributed by atoms with E-state index in [9.17, 15) is 9.59 Å². The average molecular weight is 332 g/mol. The summed E-state index contributed by atoms with van der Waals surface area (Å²) < 4.78 is 5.21. The third-order valence-electron chi connectivity index (χ3n) is 3.12. The molecule has 24 heavy (non-hydrogen) atoms. The summed E-state index contributed by atoms with van der Waals surface area (Å²) in [6, 6.07) is 4.13. The molecule has 0 aliphatic carbocycles. The summed E-state index contributed by atoms with van der Waals surface area (Å²) in [5.41, 5.74) is 0.982. The Morgan fingerprint density at radius 2 is 2.04 bits per heavy atom. The number of H-pyrrole nitrogens is 1. The number of anilines is 2. The predicted octanol–water partition coefficient (Wildman–Crippen LogP) is 1.96. The topological polar surface area (TPSA) is 121 Å². The number of aryl methyl sites for hydroxylation is 1. The van der Waals surface area contributed by atoms with Crippen molar-refractivity contribution in [2.24, 2.45) is 0 Å². The Hall–Kier alpha value is -3.10. The molecule has 0 saturated carbocycles. The minimum absolute atomic E-state index is 0.204. The highest BCUT2D eigenvalue weighted by molar-refractivity contribution is 5.94. The average Bonchev–Trinajstić information content (AvgIpc) is 2.93. The van der Waals surface area contributed by atoms with Crippen LogP contribution in [0.4, 0.5) is 16.2 Å². The Balaban J connectivity index is 2.08. The number of nitrogens with one attached hydrogen (secondary N) is 4. The molecule has 128 valence electrons. The van der Waals surface area contributed by atoms with Crippen molar-refractivity contribution in [2.45, 2.75) is 26.8 Å². The zero-order valence-electron chi connectivity index (χ0n) is 13.9. The van der Waals surface area contributed by atoms with Crippen molar-refractivity contribution in [1.82, 2.24) is 20.5 Å². The van der Waals surface area contributed by atoms with Gasteiger partial charge in [-0.15, -0.1) is 0 Å². The Kier molecular flexibility index (Phi) is 5.35. The van der Waals surface area contributed by atoms with Crippen molar-refractivity contribution < 1.29 is 14.3 Å². The van der Waals surface area contributed by atoms with Crippen molar-refractivity contribution in [3.63, 3.8) is 0 Å². The van der Waals surface area contributed by atoms with Crippen LogP contribution in [0.25, 0.3) is 0 Å². The van der Waals surface area contributed by atoms with Gasteiger partial charge in [-0.3, -0.25) is 9.89 Å². The molecule has 0 radical (unpaired) electrons. The van der Waals surface area contributed by atoms with Gasteiger partial charge in [0.1, 0.15) is 11.6 Å². The van der Waals surface area contributed by atoms with Crippen LogP contribution >= 0.6 is 0 Å². The maximum absolute atomic E-state index is 12.2. The van der Waals surface area contributed by atoms with E-state index in [0.717, 1.165) is 0 Å². The van der Waals surface area contributed by atoms with Crippen LogP contribution in [-0.2, 0) is 4.79 Å². The van der Waals surface area contributed by atoms with Gasteiger partial charge in [0.2, 0.25) is 5.91 Å². The molecule has 1 aromatic heterocycles. The first kappa shape index (κ1) is 17.3. The monoisotopic (exact) mass is 332 g/mol. The van der Waals surface area contributed by atoms with Crippen LogP contribution in [0.2, 0.25) is 0 Å². The Morgan fingerprint density at radius 1 is 1.29 bits per heavy atom. The van der Waals surface area contributed by atoms with Gasteiger partial charge in [0, 0.05) is 12.6 Å². The normalized spacial score (nSPS) is 11.5. The maximum Gasteiger partial charge on any atom is 0.319 e. The fourth-order valence-corrected chi connectivity index (χ4v) is 2.06. The molecule has 4 N–H and O–H groups in total. The van der Waals surface area contributed by atoms with Crippen LogP contribution in [-0.4, -0.2) is 34.2 Å². The van der Waals surface area contributed by atoms with Gasteiger partial charge >= 0.3 is 6.03 Å². The van der Waals surface area contributed by atoms with E-state index in [-0.39, 0.29) is 11.9 Å². The van der Waals surface area contributed by atoms with Crippen LogP contribution in [0.15, 0.2) is 18.2 Å². The van der Waals surface area contributed by atoms with Crippen molar-refractivity contribution in [3.8, 4) is 5.75 Å². The fourth-order valence-electron chi connectivity index (χ4n) is 2.06. The minimum atomic E-state index is -0.441. The number of hydrogen-bond acceptors (Lipinski definition) is 5. The molecule has 0 spiro atoms. The molecule has 9 heteroatoms. The fraction of sp³-hybridized carbons (Fsp3) is 0.333. The van der Waals surface area contributed by atoms with Gasteiger partial charge in [-0.2, -0.15) is 5.10 Å². The highest BCUT2D eigenvalue weighted by atomic mass is 16.5. The lowest BCUT2D eigenvalue weighted by Gasteiger charge is -2.15. The van der Waals surface area contributed by atoms with E-state index in [1.165, 1.54) is 14.0 Å². The number of rotatable bonds is 5. The lowest BCUT2D eigenvalue weighted by atomic mass is 10.2. The summed E-state index contributed by atoms with van der Waals surface area (Å²) in [6.45, 7) is 4.96. The lowest BCUT2D eigenvalue weighted by Crippen LogP contribution is -2.31. The number of hydrogen-bond donors (Lipinski definition) is 4. The second-order valence-electron chi connectivity index (χ2n) is 5.20. The molecule has 1 aromatic carbocycles. The van der Waals surface area contributed by atoms with E-state index in [1.807, 2.05) is 0 Å². The summed E-state index contributed by atoms with van der Waals surface area (Å²) in [5, 5.41) is 14.8. The van der Waals surface area contributed by atoms with Gasteiger partial charge in [-0.05, 0) is 32.0 Å². The number of amides is 3. The maximum atomic E-state index is 12.2. The van der Waals surface area contributed by atoms with E-state index in [1.54, 1.807) is 32.0 Å². The van der Waals surface area contributed by atoms with Crippen LogP contribution < -0.4 is 20.7 Å². The van der Waals surface area contributed by atoms with Gasteiger partial charge < -0.3 is 20.7 Å². The molecule has 0 fully saturated rings. The molecule has 1 unspecified atom stereocenters. The Labute approximate surface area is 139 Å². The molecule has 2 aromatic rings. The summed E-state index contributed by atoms with van der Waals surface area (Å²) in [7, 11) is 1.50. The number of carbonyl (C=O) groups excluding carboxylic acids is 2. The van der Waals surface area contributed by atoms with E-state index in [2.05, 4.69) is 31.1 Å². The SMILES string of the molecule is COc1ccc(NC(C)=O)cc1NC(=O)NC(C)c1n[nH]c(C)n1. The molecule has 0 saturated heterocycles. The Morgan fingerprint density at radius 3 is 2.62 bits per heavy atom. The van der Waals surface area contributed by atoms with Crippen molar-refractivity contribution >= 4 is 23.3 Å². The smallest absolute Gasteiger partial charge is 0.319 e. The third kappa shape index (κ3) is 4.45. The summed E-state index contributed by atoms with van der Waals surface area (Å²) in [6.07, 6.45) is 0. The van der Waals surface area contributed by atoms with E-state index < -0.39 is 6.03 Å². The van der Waals surface area contributed by atoms with Crippen LogP contribution in [0.3, 0.4) is 0 Å². The quantitative estimate of drug-likeness (QED) is 0.667. The van der Waals surface area contributed by atoms with Gasteiger partial charge in [0.15, 0.2) is 5.82 Å². The molecule has 2 rings (SSSR count). The highest BCUT2D eigenvalue weighted by Crippen LogP contribution is 2.27. The number of benzene rings is 1. The first-order valence-corrected chi connectivity index (χ1v) is 7.31. The highest BCUT2D eigenvalue weighted by Gasteiger charge is 2.15. The molecule has 1 atom stereocenters. The zero-order valence-corrected chi connectivity index (χ0v) is 13.9. The molecule has 0 aliphatic heterocycles. The van der Waals surface area contributed by atoms with Crippen molar-refractivity contribution in [1.29, 1.82) is 0 Å². The second kappa shape index (κ2) is 7.44. The number of ether oxygens (including phenoxy) is 1. The number of aromatic amines is 1. The summed E-state index contributed by atoms with van der Waals surface area (Å²) >= 11 is 0. The molecule has 0 aliphatic rings. The summed E-state index contributed by atoms with van der Waals surface area (Å²) in [5.74, 6) is 1.43. The number of methoxy groups -OCH3 is 1. The standard InChI is InChI=1S/C15H20N6O3/c1-8(14-17-9(2)20-21-14)16-15(23)19-12-7-11(18-10(3)22)5-6-13(12)24-4/h5-8H,1-4H3,(H,18,22)(H2,16,19,23)(H,17,20,21). The van der Waals surface area contributed by atoms with E-state index >= 15 is 0 Å². The Bertz CT molecular complexity index is 743. The van der Waals surface area contributed by atoms with Crippen molar-refractivity contribution in [3.05, 3.63) is 29.8 Å². The van der Waals surface area contributed by atoms with Crippen molar-refractivity contribution in [2.75, 3.05) is 17.7 Å². The molecular weight excluding hydrogens is 312 g/mol. The van der Waals surface area contributed by atoms with Crippen LogP contribution in [0.1, 0.15) is 31.5 Å². The molecule has 3 amide bonds. The molecule has 9 nitrogen and oxygen atoms in total. The number of aromatic nitrogens is 3. The van der Waals surface area contributed by atoms with Gasteiger partial charge in [0.25, 0.3) is 0 Å². The molecule has 1 heterocycles. The van der Waals surface area contributed by atoms with Crippen LogP contribution in [0.5, 0.6) is 5.75 Å². The number of nitrogens with zero attached hydrogens (tertiary/aromatic N) is 2. The number of carbonyl (C=O) groups is 2. The van der Waals surface area contributed by atoms with Gasteiger partial charge in [-0.1, -0.05) is 0 Å². The predicted molar refractivity (Wildman–Crippen MR) is 89.0 cm³/mol. The number of urea groups is 1. The largest absolute Gasteiger partial charge is 0.495 e. The zero-order chi connectivity index (χ0) is 17.7. The molecular formula is C15H20N6O3. The van der Waals surface area contributed by atoms with Gasteiger partial charge in [-0.25, -0.2) is 9.78 Å².